The quantitative estimate of drug-likeness (QED) is 0.159. The lowest BCUT2D eigenvalue weighted by Crippen LogP contribution is -2.69. The second-order valence-corrected chi connectivity index (χ2v) is 15.5. The zero-order valence-corrected chi connectivity index (χ0v) is 28.4. The van der Waals surface area contributed by atoms with Crippen LogP contribution in [0, 0.1) is 0 Å². The van der Waals surface area contributed by atoms with Crippen LogP contribution >= 0.6 is 0 Å². The van der Waals surface area contributed by atoms with Crippen LogP contribution in [-0.2, 0) is 6.17 Å². The lowest BCUT2D eigenvalue weighted by Gasteiger charge is -2.34. The van der Waals surface area contributed by atoms with Crippen molar-refractivity contribution in [3.8, 4) is 11.5 Å². The summed E-state index contributed by atoms with van der Waals surface area (Å²) in [6.07, 6.45) is 6.59. The van der Waals surface area contributed by atoms with Gasteiger partial charge < -0.3 is 14.0 Å². The summed E-state index contributed by atoms with van der Waals surface area (Å²) in [5, 5.41) is 3.89. The molecule has 0 saturated heterocycles. The second kappa shape index (κ2) is 15.8. The molecule has 1 aromatic heterocycles. The Hall–Kier alpha value is -5.59. The SMILES string of the molecule is COc1cccc([Si](Cn2ccnc2)(c2ccccc2)c2cccc(OC)c2)c1.c1ccc(B(c2ccccc2)c2ccccc2)cc1. The molecule has 0 atom stereocenters. The Balaban J connectivity index is 0.000000182. The molecule has 0 spiro atoms. The molecule has 0 saturated carbocycles. The number of hydrogen-bond donors (Lipinski definition) is 0. The van der Waals surface area contributed by atoms with E-state index in [-0.39, 0.29) is 0 Å². The normalized spacial score (nSPS) is 10.8. The molecular formula is C42H39BN2O2Si. The maximum atomic E-state index is 5.58. The van der Waals surface area contributed by atoms with Gasteiger partial charge in [-0.05, 0) is 39.8 Å². The maximum absolute atomic E-state index is 5.58. The molecule has 4 nitrogen and oxygen atoms in total. The third-order valence-electron chi connectivity index (χ3n) is 8.77. The van der Waals surface area contributed by atoms with Gasteiger partial charge in [0.1, 0.15) is 11.5 Å². The van der Waals surface area contributed by atoms with E-state index in [2.05, 4.69) is 167 Å². The molecule has 0 fully saturated rings. The van der Waals surface area contributed by atoms with Gasteiger partial charge >= 0.3 is 0 Å². The summed E-state index contributed by atoms with van der Waals surface area (Å²) in [5.74, 6) is 1.73. The number of aromatic nitrogens is 2. The highest BCUT2D eigenvalue weighted by atomic mass is 28.3. The fourth-order valence-corrected chi connectivity index (χ4v) is 11.0. The molecule has 6 heteroatoms. The molecular weight excluding hydrogens is 603 g/mol. The van der Waals surface area contributed by atoms with Gasteiger partial charge in [0.25, 0.3) is 0 Å². The van der Waals surface area contributed by atoms with Crippen LogP contribution in [0.2, 0.25) is 0 Å². The largest absolute Gasteiger partial charge is 0.497 e. The average Bonchev–Trinajstić information content (AvgIpc) is 3.69. The van der Waals surface area contributed by atoms with Crippen molar-refractivity contribution < 1.29 is 9.47 Å². The Morgan fingerprint density at radius 1 is 0.521 bits per heavy atom. The van der Waals surface area contributed by atoms with Crippen molar-refractivity contribution in [2.75, 3.05) is 14.2 Å². The van der Waals surface area contributed by atoms with Crippen LogP contribution in [0.3, 0.4) is 0 Å². The second-order valence-electron chi connectivity index (χ2n) is 11.6. The first-order chi connectivity index (χ1) is 23.7. The molecule has 0 radical (unpaired) electrons. The van der Waals surface area contributed by atoms with E-state index in [1.54, 1.807) is 14.2 Å². The maximum Gasteiger partial charge on any atom is 0.241 e. The fraction of sp³-hybridized carbons (Fsp3) is 0.0714. The van der Waals surface area contributed by atoms with Crippen LogP contribution in [0.25, 0.3) is 0 Å². The van der Waals surface area contributed by atoms with E-state index in [1.807, 2.05) is 30.9 Å². The van der Waals surface area contributed by atoms with Gasteiger partial charge in [0, 0.05) is 18.6 Å². The predicted octanol–water partition coefficient (Wildman–Crippen LogP) is 4.81. The smallest absolute Gasteiger partial charge is 0.241 e. The molecule has 236 valence electrons. The summed E-state index contributed by atoms with van der Waals surface area (Å²) < 4.78 is 13.3. The van der Waals surface area contributed by atoms with Crippen LogP contribution < -0.4 is 41.4 Å². The third kappa shape index (κ3) is 7.35. The zero-order valence-electron chi connectivity index (χ0n) is 27.4. The highest BCUT2D eigenvalue weighted by molar-refractivity contribution is 7.10. The molecule has 0 bridgehead atoms. The Bertz CT molecular complexity index is 1830. The molecule has 0 aliphatic heterocycles. The van der Waals surface area contributed by atoms with Gasteiger partial charge in [-0.1, -0.05) is 162 Å². The van der Waals surface area contributed by atoms with E-state index >= 15 is 0 Å². The van der Waals surface area contributed by atoms with E-state index in [0.29, 0.717) is 6.71 Å². The summed E-state index contributed by atoms with van der Waals surface area (Å²) in [7, 11) is 0.968. The van der Waals surface area contributed by atoms with Gasteiger partial charge in [-0.25, -0.2) is 4.98 Å². The monoisotopic (exact) mass is 642 g/mol. The Morgan fingerprint density at radius 2 is 0.938 bits per heavy atom. The Kier molecular flexibility index (Phi) is 10.7. The minimum absolute atomic E-state index is 0.309. The molecule has 0 N–H and O–H groups in total. The molecule has 7 rings (SSSR count). The van der Waals surface area contributed by atoms with E-state index in [1.165, 1.54) is 31.9 Å². The molecule has 0 aliphatic rings. The lowest BCUT2D eigenvalue weighted by atomic mass is 9.37. The van der Waals surface area contributed by atoms with Crippen molar-refractivity contribution in [2.45, 2.75) is 6.17 Å². The van der Waals surface area contributed by atoms with Gasteiger partial charge in [-0.3, -0.25) is 0 Å². The topological polar surface area (TPSA) is 36.3 Å². The number of nitrogens with zero attached hydrogens (tertiary/aromatic N) is 2. The summed E-state index contributed by atoms with van der Waals surface area (Å²) in [5.41, 5.74) is 4.00. The van der Waals surface area contributed by atoms with Crippen molar-refractivity contribution in [1.29, 1.82) is 0 Å². The number of imidazole rings is 1. The van der Waals surface area contributed by atoms with Crippen LogP contribution in [0.1, 0.15) is 0 Å². The minimum Gasteiger partial charge on any atom is -0.497 e. The Labute approximate surface area is 285 Å². The highest BCUT2D eigenvalue weighted by Crippen LogP contribution is 2.17. The molecule has 0 aliphatic carbocycles. The average molecular weight is 643 g/mol. The van der Waals surface area contributed by atoms with Crippen LogP contribution in [0.15, 0.2) is 189 Å². The number of hydrogen-bond acceptors (Lipinski definition) is 3. The predicted molar refractivity (Wildman–Crippen MR) is 203 cm³/mol. The fourth-order valence-electron chi connectivity index (χ4n) is 6.44. The first kappa shape index (κ1) is 32.4. The van der Waals surface area contributed by atoms with E-state index < -0.39 is 8.07 Å². The molecule has 0 unspecified atom stereocenters. The highest BCUT2D eigenvalue weighted by Gasteiger charge is 2.40. The Morgan fingerprint density at radius 3 is 1.33 bits per heavy atom. The summed E-state index contributed by atoms with van der Waals surface area (Å²) in [6.45, 7) is 0.309. The molecule has 1 heterocycles. The zero-order chi connectivity index (χ0) is 33.0. The number of methoxy groups -OCH3 is 2. The van der Waals surface area contributed by atoms with Crippen LogP contribution in [0.4, 0.5) is 0 Å². The summed E-state index contributed by atoms with van der Waals surface area (Å²) in [6, 6.07) is 59.7. The summed E-state index contributed by atoms with van der Waals surface area (Å²) >= 11 is 0. The standard InChI is InChI=1S/C24H24N2O2Si.C18H15B/c1-27-20-8-6-12-23(16-20)29(19-26-15-14-25-18-26,22-10-4-3-5-11-22)24-13-7-9-21(17-24)28-2;1-4-10-16(11-5-1)19(17-12-6-2-7-13-17)18-14-8-3-9-15-18/h3-18H,19H2,1-2H3;1-15H. The summed E-state index contributed by atoms with van der Waals surface area (Å²) in [4.78, 5) is 4.29. The third-order valence-corrected chi connectivity index (χ3v) is 13.5. The number of benzene rings is 6. The van der Waals surface area contributed by atoms with Crippen molar-refractivity contribution in [3.63, 3.8) is 0 Å². The first-order valence-corrected chi connectivity index (χ1v) is 18.4. The van der Waals surface area contributed by atoms with Gasteiger partial charge in [0.05, 0.1) is 20.5 Å². The molecule has 6 aromatic carbocycles. The van der Waals surface area contributed by atoms with E-state index in [4.69, 9.17) is 9.47 Å². The van der Waals surface area contributed by atoms with Crippen molar-refractivity contribution in [2.24, 2.45) is 0 Å². The van der Waals surface area contributed by atoms with Crippen molar-refractivity contribution in [3.05, 3.63) is 189 Å². The van der Waals surface area contributed by atoms with Gasteiger partial charge in [-0.15, -0.1) is 0 Å². The number of rotatable bonds is 10. The number of ether oxygens (including phenoxy) is 2. The van der Waals surface area contributed by atoms with Crippen molar-refractivity contribution in [1.82, 2.24) is 9.55 Å². The van der Waals surface area contributed by atoms with Crippen LogP contribution in [0.5, 0.6) is 11.5 Å². The molecule has 0 amide bonds. The van der Waals surface area contributed by atoms with Crippen LogP contribution in [-0.4, -0.2) is 38.6 Å². The van der Waals surface area contributed by atoms with Gasteiger partial charge in [0.2, 0.25) is 6.71 Å². The lowest BCUT2D eigenvalue weighted by molar-refractivity contribution is 0.415. The van der Waals surface area contributed by atoms with Gasteiger partial charge in [-0.2, -0.15) is 0 Å². The van der Waals surface area contributed by atoms with E-state index in [9.17, 15) is 0 Å². The first-order valence-electron chi connectivity index (χ1n) is 16.2. The van der Waals surface area contributed by atoms with Gasteiger partial charge in [0.15, 0.2) is 8.07 Å². The minimum atomic E-state index is -2.46. The van der Waals surface area contributed by atoms with Crippen molar-refractivity contribution >= 4 is 46.7 Å². The molecule has 7 aromatic rings. The molecule has 48 heavy (non-hydrogen) atoms. The van der Waals surface area contributed by atoms with E-state index in [0.717, 1.165) is 17.7 Å².